The van der Waals surface area contributed by atoms with E-state index in [0.29, 0.717) is 0 Å². The Balaban J connectivity index is 4.80. The molecular formula is C9H18O2Si. The third kappa shape index (κ3) is 2.06. The molecule has 0 aromatic heterocycles. The average Bonchev–Trinajstić information content (AvgIpc) is 2.14. The minimum atomic E-state index is -1.85. The van der Waals surface area contributed by atoms with E-state index in [1.165, 1.54) is 0 Å². The van der Waals surface area contributed by atoms with Crippen LogP contribution in [0.1, 0.15) is 27.2 Å². The summed E-state index contributed by atoms with van der Waals surface area (Å²) in [6, 6.07) is 1.94. The predicted molar refractivity (Wildman–Crippen MR) is 53.2 cm³/mol. The highest BCUT2D eigenvalue weighted by atomic mass is 28.4. The van der Waals surface area contributed by atoms with Crippen molar-refractivity contribution in [2.45, 2.75) is 39.3 Å². The second-order valence-electron chi connectivity index (χ2n) is 2.84. The van der Waals surface area contributed by atoms with Gasteiger partial charge in [-0.05, 0) is 18.5 Å². The van der Waals surface area contributed by atoms with Crippen LogP contribution in [0.4, 0.5) is 0 Å². The smallest absolute Gasteiger partial charge is 0.230 e. The third-order valence-corrected chi connectivity index (χ3v) is 7.18. The summed E-state index contributed by atoms with van der Waals surface area (Å²) in [6.07, 6.45) is 0.783. The summed E-state index contributed by atoms with van der Waals surface area (Å²) in [4.78, 5) is 10.7. The van der Waals surface area contributed by atoms with Crippen LogP contribution in [0.15, 0.2) is 5.20 Å². The van der Waals surface area contributed by atoms with Gasteiger partial charge in [-0.2, -0.15) is 0 Å². The van der Waals surface area contributed by atoms with Crippen LogP contribution in [0.3, 0.4) is 0 Å². The van der Waals surface area contributed by atoms with Gasteiger partial charge in [0.1, 0.15) is 5.94 Å². The highest BCUT2D eigenvalue weighted by molar-refractivity contribution is 6.81. The molecule has 0 aliphatic heterocycles. The lowest BCUT2D eigenvalue weighted by Crippen LogP contribution is -2.38. The zero-order valence-corrected chi connectivity index (χ0v) is 9.44. The first-order valence-corrected chi connectivity index (χ1v) is 6.82. The molecule has 0 rings (SSSR count). The van der Waals surface area contributed by atoms with Crippen molar-refractivity contribution in [3.8, 4) is 0 Å². The summed E-state index contributed by atoms with van der Waals surface area (Å²) in [5, 5.41) is 0.884. The molecule has 0 atom stereocenters. The lowest BCUT2D eigenvalue weighted by atomic mass is 10.5. The molecule has 0 unspecified atom stereocenters. The van der Waals surface area contributed by atoms with Crippen LogP contribution in [0.5, 0.6) is 0 Å². The maximum atomic E-state index is 10.7. The van der Waals surface area contributed by atoms with Gasteiger partial charge in [-0.15, -0.1) is 0 Å². The van der Waals surface area contributed by atoms with Gasteiger partial charge in [0.15, 0.2) is 0 Å². The third-order valence-electron chi connectivity index (χ3n) is 2.56. The molecule has 0 N–H and O–H groups in total. The van der Waals surface area contributed by atoms with Gasteiger partial charge in [0.2, 0.25) is 8.32 Å². The minimum absolute atomic E-state index is 0.783. The van der Waals surface area contributed by atoms with Gasteiger partial charge >= 0.3 is 0 Å². The molecule has 3 heteroatoms. The van der Waals surface area contributed by atoms with Gasteiger partial charge in [-0.3, -0.25) is 0 Å². The standard InChI is InChI=1S/C9H18O2Si/c1-5-9(8-10)12(6-2,7-3)11-4/h5-7H2,1-4H3. The molecule has 0 aromatic rings. The van der Waals surface area contributed by atoms with Crippen molar-refractivity contribution < 1.29 is 9.22 Å². The van der Waals surface area contributed by atoms with E-state index in [9.17, 15) is 4.79 Å². The van der Waals surface area contributed by atoms with E-state index in [0.717, 1.165) is 23.7 Å². The van der Waals surface area contributed by atoms with Crippen molar-refractivity contribution in [3.05, 3.63) is 5.20 Å². The average molecular weight is 186 g/mol. The van der Waals surface area contributed by atoms with Crippen LogP contribution in [0.25, 0.3) is 0 Å². The van der Waals surface area contributed by atoms with Gasteiger partial charge in [-0.25, -0.2) is 4.79 Å². The fourth-order valence-corrected chi connectivity index (χ4v) is 4.58. The molecule has 0 fully saturated rings. The Bertz CT molecular complexity index is 171. The van der Waals surface area contributed by atoms with Crippen molar-refractivity contribution in [1.82, 2.24) is 0 Å². The van der Waals surface area contributed by atoms with E-state index in [1.54, 1.807) is 7.11 Å². The molecule has 0 spiro atoms. The molecule has 0 saturated heterocycles. The van der Waals surface area contributed by atoms with Crippen molar-refractivity contribution in [2.24, 2.45) is 0 Å². The highest BCUT2D eigenvalue weighted by Crippen LogP contribution is 2.24. The Kier molecular flexibility index (Phi) is 5.14. The zero-order chi connectivity index (χ0) is 9.61. The van der Waals surface area contributed by atoms with E-state index in [2.05, 4.69) is 13.8 Å². The maximum absolute atomic E-state index is 10.7. The molecule has 0 aliphatic rings. The highest BCUT2D eigenvalue weighted by Gasteiger charge is 2.34. The summed E-state index contributed by atoms with van der Waals surface area (Å²) in [5.41, 5.74) is 0. The molecule has 0 heterocycles. The van der Waals surface area contributed by atoms with E-state index in [4.69, 9.17) is 4.43 Å². The van der Waals surface area contributed by atoms with Gasteiger partial charge in [0, 0.05) is 12.3 Å². The van der Waals surface area contributed by atoms with Gasteiger partial charge in [-0.1, -0.05) is 20.8 Å². The Morgan fingerprint density at radius 2 is 1.83 bits per heavy atom. The van der Waals surface area contributed by atoms with Crippen molar-refractivity contribution in [1.29, 1.82) is 0 Å². The first-order chi connectivity index (χ1) is 5.70. The Morgan fingerprint density at radius 3 is 1.92 bits per heavy atom. The lowest BCUT2D eigenvalue weighted by Gasteiger charge is -2.27. The Hall–Kier alpha value is -0.373. The van der Waals surface area contributed by atoms with Crippen LogP contribution in [-0.2, 0) is 9.22 Å². The molecule has 0 amide bonds. The first-order valence-electron chi connectivity index (χ1n) is 4.50. The first kappa shape index (κ1) is 11.6. The predicted octanol–water partition coefficient (Wildman–Crippen LogP) is 2.33. The molecular weight excluding hydrogens is 168 g/mol. The molecule has 0 bridgehead atoms. The fourth-order valence-electron chi connectivity index (χ4n) is 1.58. The number of carbonyl (C=O) groups excluding carboxylic acids is 1. The molecule has 0 radical (unpaired) electrons. The summed E-state index contributed by atoms with van der Waals surface area (Å²) in [5.74, 6) is 2.05. The quantitative estimate of drug-likeness (QED) is 0.486. The van der Waals surface area contributed by atoms with Crippen molar-refractivity contribution in [3.63, 3.8) is 0 Å². The van der Waals surface area contributed by atoms with Crippen LogP contribution in [0.2, 0.25) is 12.1 Å². The zero-order valence-electron chi connectivity index (χ0n) is 8.44. The Morgan fingerprint density at radius 1 is 1.33 bits per heavy atom. The van der Waals surface area contributed by atoms with E-state index < -0.39 is 8.32 Å². The Labute approximate surface area is 75.7 Å². The largest absolute Gasteiger partial charge is 0.415 e. The second-order valence-corrected chi connectivity index (χ2v) is 7.25. The lowest BCUT2D eigenvalue weighted by molar-refractivity contribution is 0.399. The second kappa shape index (κ2) is 5.30. The monoisotopic (exact) mass is 186 g/mol. The van der Waals surface area contributed by atoms with Gasteiger partial charge < -0.3 is 4.43 Å². The van der Waals surface area contributed by atoms with Crippen LogP contribution >= 0.6 is 0 Å². The van der Waals surface area contributed by atoms with Gasteiger partial charge in [0.25, 0.3) is 0 Å². The summed E-state index contributed by atoms with van der Waals surface area (Å²) < 4.78 is 5.52. The topological polar surface area (TPSA) is 26.3 Å². The van der Waals surface area contributed by atoms with E-state index in [1.807, 2.05) is 12.9 Å². The number of allylic oxidation sites excluding steroid dienone is 1. The minimum Gasteiger partial charge on any atom is -0.415 e. The van der Waals surface area contributed by atoms with Gasteiger partial charge in [0.05, 0.1) is 0 Å². The molecule has 0 aromatic carbocycles. The van der Waals surface area contributed by atoms with Crippen LogP contribution in [0, 0.1) is 0 Å². The fraction of sp³-hybridized carbons (Fsp3) is 0.778. The van der Waals surface area contributed by atoms with E-state index >= 15 is 0 Å². The van der Waals surface area contributed by atoms with E-state index in [-0.39, 0.29) is 0 Å². The summed E-state index contributed by atoms with van der Waals surface area (Å²) in [6.45, 7) is 6.17. The summed E-state index contributed by atoms with van der Waals surface area (Å²) >= 11 is 0. The van der Waals surface area contributed by atoms with Crippen LogP contribution < -0.4 is 0 Å². The molecule has 0 aliphatic carbocycles. The maximum Gasteiger partial charge on any atom is 0.230 e. The normalized spacial score (nSPS) is 11.0. The SMILES string of the molecule is CCC(=C=O)[Si](CC)(CC)OC. The number of hydrogen-bond donors (Lipinski definition) is 0. The van der Waals surface area contributed by atoms with Crippen molar-refractivity contribution in [2.75, 3.05) is 7.11 Å². The molecule has 12 heavy (non-hydrogen) atoms. The molecule has 70 valence electrons. The molecule has 0 saturated carbocycles. The van der Waals surface area contributed by atoms with Crippen molar-refractivity contribution >= 4 is 14.3 Å². The number of rotatable bonds is 5. The summed E-state index contributed by atoms with van der Waals surface area (Å²) in [7, 11) is -0.139. The number of hydrogen-bond acceptors (Lipinski definition) is 2. The van der Waals surface area contributed by atoms with Crippen LogP contribution in [-0.4, -0.2) is 21.4 Å². The molecule has 2 nitrogen and oxygen atoms in total.